The molecule has 3 heterocycles. The molecule has 2 aromatic heterocycles. The topological polar surface area (TPSA) is 68.6 Å². The molecule has 0 unspecified atom stereocenters. The average molecular weight is 363 g/mol. The largest absolute Gasteiger partial charge is 0.487 e. The number of aromatic amines is 1. The maximum absolute atomic E-state index is 13.9. The minimum Gasteiger partial charge on any atom is -0.487 e. The van der Waals surface area contributed by atoms with Gasteiger partial charge in [0.1, 0.15) is 22.9 Å². The molecular formula is C20H18FN5O. The fraction of sp³-hybridized carbons (Fsp3) is 0.250. The summed E-state index contributed by atoms with van der Waals surface area (Å²) >= 11 is 0. The number of aromatic nitrogens is 5. The smallest absolute Gasteiger partial charge is 0.125 e. The lowest BCUT2D eigenvalue weighted by Gasteiger charge is -2.37. The van der Waals surface area contributed by atoms with Gasteiger partial charge in [-0.1, -0.05) is 17.3 Å². The Kier molecular flexibility index (Phi) is 3.34. The Morgan fingerprint density at radius 1 is 1.22 bits per heavy atom. The van der Waals surface area contributed by atoms with Crippen molar-refractivity contribution in [2.45, 2.75) is 31.9 Å². The number of halogens is 1. The van der Waals surface area contributed by atoms with Crippen LogP contribution in [0.15, 0.2) is 48.8 Å². The summed E-state index contributed by atoms with van der Waals surface area (Å²) in [5.74, 6) is 0.403. The Morgan fingerprint density at radius 3 is 3.00 bits per heavy atom. The van der Waals surface area contributed by atoms with E-state index in [2.05, 4.69) is 20.5 Å². The fourth-order valence-electron chi connectivity index (χ4n) is 3.68. The van der Waals surface area contributed by atoms with E-state index in [9.17, 15) is 4.39 Å². The molecule has 0 radical (unpaired) electrons. The van der Waals surface area contributed by atoms with E-state index in [0.717, 1.165) is 27.7 Å². The van der Waals surface area contributed by atoms with Crippen molar-refractivity contribution in [1.29, 1.82) is 0 Å². The van der Waals surface area contributed by atoms with E-state index in [1.165, 1.54) is 12.1 Å². The highest BCUT2D eigenvalue weighted by molar-refractivity contribution is 5.82. The van der Waals surface area contributed by atoms with Crippen molar-refractivity contribution in [1.82, 2.24) is 25.2 Å². The third-order valence-electron chi connectivity index (χ3n) is 4.97. The van der Waals surface area contributed by atoms with Crippen LogP contribution in [0.4, 0.5) is 4.39 Å². The predicted octanol–water partition coefficient (Wildman–Crippen LogP) is 4.11. The summed E-state index contributed by atoms with van der Waals surface area (Å²) in [5.41, 5.74) is 3.06. The van der Waals surface area contributed by atoms with Crippen molar-refractivity contribution >= 4 is 10.9 Å². The number of benzene rings is 2. The van der Waals surface area contributed by atoms with Gasteiger partial charge in [0.2, 0.25) is 0 Å². The first-order valence-corrected chi connectivity index (χ1v) is 8.82. The zero-order valence-electron chi connectivity index (χ0n) is 15.0. The Balaban J connectivity index is 1.56. The van der Waals surface area contributed by atoms with E-state index in [-0.39, 0.29) is 17.5 Å². The number of hydrogen-bond donors (Lipinski definition) is 1. The molecule has 6 nitrogen and oxygen atoms in total. The first-order chi connectivity index (χ1) is 13.0. The molecule has 0 fully saturated rings. The number of rotatable bonds is 2. The third kappa shape index (κ3) is 2.75. The van der Waals surface area contributed by atoms with Gasteiger partial charge in [-0.15, -0.1) is 5.10 Å². The SMILES string of the molecule is CC1(C)C[C@@H](n2cc(-c3ccc4cn[nH]c4c3)nn2)c2cc(F)ccc2O1. The molecule has 0 saturated carbocycles. The van der Waals surface area contributed by atoms with Gasteiger partial charge in [-0.05, 0) is 38.1 Å². The molecule has 1 atom stereocenters. The molecule has 2 aromatic carbocycles. The first kappa shape index (κ1) is 16.0. The van der Waals surface area contributed by atoms with Crippen LogP contribution in [0.5, 0.6) is 5.75 Å². The molecule has 0 bridgehead atoms. The summed E-state index contributed by atoms with van der Waals surface area (Å²) < 4.78 is 21.7. The highest BCUT2D eigenvalue weighted by Gasteiger charge is 2.35. The second-order valence-electron chi connectivity index (χ2n) is 7.52. The van der Waals surface area contributed by atoms with Gasteiger partial charge in [-0.25, -0.2) is 9.07 Å². The molecule has 27 heavy (non-hydrogen) atoms. The Hall–Kier alpha value is -3.22. The van der Waals surface area contributed by atoms with E-state index in [1.807, 2.05) is 38.2 Å². The monoisotopic (exact) mass is 363 g/mol. The van der Waals surface area contributed by atoms with Crippen LogP contribution >= 0.6 is 0 Å². The third-order valence-corrected chi connectivity index (χ3v) is 4.97. The van der Waals surface area contributed by atoms with Crippen molar-refractivity contribution in [2.75, 3.05) is 0 Å². The molecule has 0 spiro atoms. The lowest BCUT2D eigenvalue weighted by molar-refractivity contribution is 0.0642. The number of H-pyrrole nitrogens is 1. The van der Waals surface area contributed by atoms with Crippen LogP contribution in [-0.2, 0) is 0 Å². The van der Waals surface area contributed by atoms with E-state index < -0.39 is 0 Å². The number of ether oxygens (including phenoxy) is 1. The molecule has 1 aliphatic rings. The maximum Gasteiger partial charge on any atom is 0.125 e. The van der Waals surface area contributed by atoms with Crippen LogP contribution in [0.1, 0.15) is 31.9 Å². The molecule has 1 N–H and O–H groups in total. The van der Waals surface area contributed by atoms with Crippen molar-refractivity contribution < 1.29 is 9.13 Å². The molecule has 0 saturated heterocycles. The van der Waals surface area contributed by atoms with Crippen molar-refractivity contribution in [3.63, 3.8) is 0 Å². The average Bonchev–Trinajstić information content (AvgIpc) is 3.29. The summed E-state index contributed by atoms with van der Waals surface area (Å²) in [6.45, 7) is 4.05. The van der Waals surface area contributed by atoms with Gasteiger partial charge in [0.05, 0.1) is 24.0 Å². The predicted molar refractivity (Wildman–Crippen MR) is 99.0 cm³/mol. The van der Waals surface area contributed by atoms with Gasteiger partial charge >= 0.3 is 0 Å². The summed E-state index contributed by atoms with van der Waals surface area (Å²) in [5, 5.41) is 16.7. The van der Waals surface area contributed by atoms with Crippen molar-refractivity contribution in [3.05, 3.63) is 60.2 Å². The van der Waals surface area contributed by atoms with Crippen molar-refractivity contribution in [2.24, 2.45) is 0 Å². The molecule has 4 aromatic rings. The van der Waals surface area contributed by atoms with E-state index in [1.54, 1.807) is 16.9 Å². The molecular weight excluding hydrogens is 345 g/mol. The highest BCUT2D eigenvalue weighted by Crippen LogP contribution is 2.41. The number of nitrogens with zero attached hydrogens (tertiary/aromatic N) is 4. The first-order valence-electron chi connectivity index (χ1n) is 8.82. The Labute approximate surface area is 155 Å². The van der Waals surface area contributed by atoms with Gasteiger partial charge < -0.3 is 4.74 Å². The van der Waals surface area contributed by atoms with Gasteiger partial charge in [-0.3, -0.25) is 5.10 Å². The summed E-state index contributed by atoms with van der Waals surface area (Å²) in [4.78, 5) is 0. The normalized spacial score (nSPS) is 18.3. The van der Waals surface area contributed by atoms with Gasteiger partial charge in [0, 0.05) is 22.9 Å². The van der Waals surface area contributed by atoms with Crippen LogP contribution in [-0.4, -0.2) is 30.8 Å². The molecule has 7 heteroatoms. The second kappa shape index (κ2) is 5.64. The molecule has 0 amide bonds. The van der Waals surface area contributed by atoms with Gasteiger partial charge in [0.25, 0.3) is 0 Å². The zero-order valence-corrected chi connectivity index (χ0v) is 15.0. The quantitative estimate of drug-likeness (QED) is 0.582. The molecule has 5 rings (SSSR count). The molecule has 1 aliphatic heterocycles. The standard InChI is InChI=1S/C20H18FN5O/c1-20(2)9-18(15-8-14(21)5-6-19(15)27-20)26-11-17(24-25-26)12-3-4-13-10-22-23-16(13)7-12/h3-8,10-11,18H,9H2,1-2H3,(H,22,23)/t18-/m1/s1. The van der Waals surface area contributed by atoms with E-state index in [0.29, 0.717) is 12.2 Å². The fourth-order valence-corrected chi connectivity index (χ4v) is 3.68. The van der Waals surface area contributed by atoms with Crippen LogP contribution in [0.2, 0.25) is 0 Å². The van der Waals surface area contributed by atoms with Gasteiger partial charge in [0.15, 0.2) is 0 Å². The molecule has 136 valence electrons. The number of fused-ring (bicyclic) bond motifs is 2. The zero-order chi connectivity index (χ0) is 18.6. The minimum atomic E-state index is -0.379. The van der Waals surface area contributed by atoms with E-state index >= 15 is 0 Å². The summed E-state index contributed by atoms with van der Waals surface area (Å²) in [7, 11) is 0. The molecule has 0 aliphatic carbocycles. The highest BCUT2D eigenvalue weighted by atomic mass is 19.1. The maximum atomic E-state index is 13.9. The number of nitrogens with one attached hydrogen (secondary N) is 1. The van der Waals surface area contributed by atoms with Crippen LogP contribution < -0.4 is 4.74 Å². The van der Waals surface area contributed by atoms with Crippen LogP contribution in [0.3, 0.4) is 0 Å². The van der Waals surface area contributed by atoms with Crippen LogP contribution in [0, 0.1) is 5.82 Å². The summed E-state index contributed by atoms with van der Waals surface area (Å²) in [6, 6.07) is 10.5. The van der Waals surface area contributed by atoms with Crippen LogP contribution in [0.25, 0.3) is 22.2 Å². The van der Waals surface area contributed by atoms with E-state index in [4.69, 9.17) is 4.74 Å². The summed E-state index contributed by atoms with van der Waals surface area (Å²) in [6.07, 6.45) is 4.36. The lowest BCUT2D eigenvalue weighted by atomic mass is 9.89. The minimum absolute atomic E-state index is 0.142. The Morgan fingerprint density at radius 2 is 2.11 bits per heavy atom. The Bertz CT molecular complexity index is 1150. The van der Waals surface area contributed by atoms with Crippen molar-refractivity contribution in [3.8, 4) is 17.0 Å². The second-order valence-corrected chi connectivity index (χ2v) is 7.52. The number of hydrogen-bond acceptors (Lipinski definition) is 4. The van der Waals surface area contributed by atoms with Gasteiger partial charge in [-0.2, -0.15) is 5.10 Å². The lowest BCUT2D eigenvalue weighted by Crippen LogP contribution is -2.37.